The Morgan fingerprint density at radius 1 is 1.10 bits per heavy atom. The van der Waals surface area contributed by atoms with Gasteiger partial charge in [-0.15, -0.1) is 0 Å². The number of carbonyl (C=O) groups excluding carboxylic acids is 2. The number of aromatic carboxylic acids is 1. The van der Waals surface area contributed by atoms with Crippen molar-refractivity contribution in [1.29, 1.82) is 0 Å². The van der Waals surface area contributed by atoms with Gasteiger partial charge in [0.1, 0.15) is 13.2 Å². The van der Waals surface area contributed by atoms with E-state index in [1.54, 1.807) is 0 Å². The Hall–Kier alpha value is -2.11. The first-order valence-electron chi connectivity index (χ1n) is 5.35. The Morgan fingerprint density at radius 2 is 1.65 bits per heavy atom. The third-order valence-corrected chi connectivity index (χ3v) is 2.10. The van der Waals surface area contributed by atoms with Crippen molar-refractivity contribution >= 4 is 17.9 Å². The van der Waals surface area contributed by atoms with Gasteiger partial charge in [0.25, 0.3) is 0 Å². The monoisotopic (exact) mass is 327 g/mol. The van der Waals surface area contributed by atoms with Gasteiger partial charge in [-0.1, -0.05) is 18.7 Å². The predicted molar refractivity (Wildman–Crippen MR) is 64.8 cm³/mol. The van der Waals surface area contributed by atoms with E-state index in [-0.39, 0.29) is 41.4 Å². The summed E-state index contributed by atoms with van der Waals surface area (Å²) in [5.74, 6) is -2.62. The van der Waals surface area contributed by atoms with Crippen molar-refractivity contribution in [3.63, 3.8) is 0 Å². The predicted octanol–water partition coefficient (Wildman–Crippen LogP) is 1.27. The van der Waals surface area contributed by atoms with Gasteiger partial charge in [0.2, 0.25) is 0 Å². The van der Waals surface area contributed by atoms with Crippen LogP contribution in [-0.2, 0) is 31.3 Å². The maximum atomic E-state index is 11.6. The molecule has 1 rings (SSSR count). The van der Waals surface area contributed by atoms with Crippen LogP contribution in [0.1, 0.15) is 20.7 Å². The fourth-order valence-electron chi connectivity index (χ4n) is 1.26. The first kappa shape index (κ1) is 17.9. The summed E-state index contributed by atoms with van der Waals surface area (Å²) in [5, 5.41) is 8.90. The van der Waals surface area contributed by atoms with Crippen molar-refractivity contribution in [1.82, 2.24) is 0 Å². The van der Waals surface area contributed by atoms with Crippen LogP contribution in [0.25, 0.3) is 0 Å². The molecule has 0 atom stereocenters. The Bertz CT molecular complexity index is 511. The summed E-state index contributed by atoms with van der Waals surface area (Å²) in [7, 11) is 0. The molecule has 0 aromatic heterocycles. The maximum absolute atomic E-state index is 11.6. The topological polar surface area (TPSA) is 89.9 Å². The van der Waals surface area contributed by atoms with Gasteiger partial charge in [0.05, 0.1) is 11.1 Å². The van der Waals surface area contributed by atoms with Crippen molar-refractivity contribution < 1.29 is 46.0 Å². The van der Waals surface area contributed by atoms with Gasteiger partial charge in [-0.05, 0) is 12.1 Å². The third-order valence-electron chi connectivity index (χ3n) is 2.10. The molecule has 1 radical (unpaired) electrons. The minimum absolute atomic E-state index is 0. The third kappa shape index (κ3) is 5.26. The van der Waals surface area contributed by atoms with Crippen LogP contribution in [0, 0.1) is 0 Å². The van der Waals surface area contributed by atoms with E-state index >= 15 is 0 Å². The van der Waals surface area contributed by atoms with Crippen LogP contribution in [-0.4, -0.2) is 36.2 Å². The molecule has 0 aliphatic heterocycles. The summed E-state index contributed by atoms with van der Waals surface area (Å²) in [5.41, 5.74) is -0.194. The van der Waals surface area contributed by atoms with Crippen molar-refractivity contribution in [2.45, 2.75) is 0 Å². The Kier molecular flexibility index (Phi) is 7.96. The average Bonchev–Trinajstić information content (AvgIpc) is 2.42. The van der Waals surface area contributed by atoms with E-state index in [0.717, 1.165) is 6.08 Å². The summed E-state index contributed by atoms with van der Waals surface area (Å²) < 4.78 is 9.40. The SMILES string of the molecule is C=CC(=O)OCCOC(=O)c1ccccc1C(=O)O.[Cu]. The molecular weight excluding hydrogens is 316 g/mol. The van der Waals surface area contributed by atoms with Crippen molar-refractivity contribution in [3.8, 4) is 0 Å². The van der Waals surface area contributed by atoms with E-state index in [2.05, 4.69) is 11.3 Å². The molecule has 0 bridgehead atoms. The molecule has 1 aromatic rings. The summed E-state index contributed by atoms with van der Waals surface area (Å²) in [6, 6.07) is 5.69. The van der Waals surface area contributed by atoms with E-state index < -0.39 is 17.9 Å². The number of hydrogen-bond acceptors (Lipinski definition) is 5. The first-order chi connectivity index (χ1) is 9.06. The van der Waals surface area contributed by atoms with Gasteiger partial charge in [0, 0.05) is 23.1 Å². The van der Waals surface area contributed by atoms with Gasteiger partial charge in [0.15, 0.2) is 0 Å². The largest absolute Gasteiger partial charge is 0.478 e. The van der Waals surface area contributed by atoms with Crippen molar-refractivity contribution in [3.05, 3.63) is 48.0 Å². The number of benzene rings is 1. The van der Waals surface area contributed by atoms with Gasteiger partial charge < -0.3 is 14.6 Å². The van der Waals surface area contributed by atoms with Crippen LogP contribution in [0.4, 0.5) is 0 Å². The van der Waals surface area contributed by atoms with Crippen LogP contribution >= 0.6 is 0 Å². The van der Waals surface area contributed by atoms with Crippen molar-refractivity contribution in [2.75, 3.05) is 13.2 Å². The van der Waals surface area contributed by atoms with Gasteiger partial charge >= 0.3 is 17.9 Å². The smallest absolute Gasteiger partial charge is 0.339 e. The molecule has 1 N–H and O–H groups in total. The van der Waals surface area contributed by atoms with E-state index in [1.165, 1.54) is 24.3 Å². The fourth-order valence-corrected chi connectivity index (χ4v) is 1.26. The molecule has 1 aromatic carbocycles. The van der Waals surface area contributed by atoms with E-state index in [9.17, 15) is 14.4 Å². The first-order valence-corrected chi connectivity index (χ1v) is 5.35. The molecule has 0 saturated carbocycles. The van der Waals surface area contributed by atoms with Crippen LogP contribution in [0.3, 0.4) is 0 Å². The Labute approximate surface area is 125 Å². The van der Waals surface area contributed by atoms with Gasteiger partial charge in [-0.3, -0.25) is 0 Å². The number of esters is 2. The number of carbonyl (C=O) groups is 3. The van der Waals surface area contributed by atoms with E-state index in [0.29, 0.717) is 0 Å². The van der Waals surface area contributed by atoms with Crippen LogP contribution in [0.2, 0.25) is 0 Å². The van der Waals surface area contributed by atoms with Gasteiger partial charge in [-0.2, -0.15) is 0 Å². The molecule has 0 fully saturated rings. The molecule has 0 saturated heterocycles. The number of hydrogen-bond donors (Lipinski definition) is 1. The molecule has 0 aliphatic rings. The molecule has 6 nitrogen and oxygen atoms in total. The zero-order valence-electron chi connectivity index (χ0n) is 10.3. The van der Waals surface area contributed by atoms with Crippen LogP contribution < -0.4 is 0 Å². The number of ether oxygens (including phenoxy) is 2. The number of carboxylic acid groups (broad SMARTS) is 1. The molecule has 111 valence electrons. The molecule has 0 amide bonds. The minimum Gasteiger partial charge on any atom is -0.478 e. The van der Waals surface area contributed by atoms with Crippen molar-refractivity contribution in [2.24, 2.45) is 0 Å². The zero-order valence-corrected chi connectivity index (χ0v) is 11.2. The molecule has 0 aliphatic carbocycles. The Balaban J connectivity index is 0.00000361. The summed E-state index contributed by atoms with van der Waals surface area (Å²) in [6.45, 7) is 2.93. The second-order valence-corrected chi connectivity index (χ2v) is 3.36. The second kappa shape index (κ2) is 8.90. The average molecular weight is 328 g/mol. The summed E-state index contributed by atoms with van der Waals surface area (Å²) in [4.78, 5) is 33.2. The molecule has 20 heavy (non-hydrogen) atoms. The molecule has 0 heterocycles. The fraction of sp³-hybridized carbons (Fsp3) is 0.154. The molecule has 0 unspecified atom stereocenters. The van der Waals surface area contributed by atoms with E-state index in [4.69, 9.17) is 9.84 Å². The minimum atomic E-state index is -1.22. The normalized spacial score (nSPS) is 9.00. The molecule has 7 heteroatoms. The maximum Gasteiger partial charge on any atom is 0.339 e. The standard InChI is InChI=1S/C13H12O6.Cu/c1-2-11(14)18-7-8-19-13(17)10-6-4-3-5-9(10)12(15)16;/h2-6H,1,7-8H2,(H,15,16);. The van der Waals surface area contributed by atoms with E-state index in [1.807, 2.05) is 0 Å². The summed E-state index contributed by atoms with van der Waals surface area (Å²) >= 11 is 0. The summed E-state index contributed by atoms with van der Waals surface area (Å²) in [6.07, 6.45) is 0.988. The number of rotatable bonds is 6. The quantitative estimate of drug-likeness (QED) is 0.366. The van der Waals surface area contributed by atoms with Gasteiger partial charge in [-0.25, -0.2) is 14.4 Å². The number of carboxylic acids is 1. The Morgan fingerprint density at radius 3 is 2.20 bits per heavy atom. The molecule has 0 spiro atoms. The zero-order chi connectivity index (χ0) is 14.3. The molecular formula is C13H12CuO6. The van der Waals surface area contributed by atoms with Crippen LogP contribution in [0.5, 0.6) is 0 Å². The van der Waals surface area contributed by atoms with Crippen LogP contribution in [0.15, 0.2) is 36.9 Å². The second-order valence-electron chi connectivity index (χ2n) is 3.36.